The monoisotopic (exact) mass is 548 g/mol. The molecule has 1 heterocycles. The predicted octanol–water partition coefficient (Wildman–Crippen LogP) is 5.32. The van der Waals surface area contributed by atoms with Gasteiger partial charge in [-0.1, -0.05) is 6.92 Å². The number of nitrogens with one attached hydrogen (secondary N) is 1. The summed E-state index contributed by atoms with van der Waals surface area (Å²) < 4.78 is 17.2. The van der Waals surface area contributed by atoms with Gasteiger partial charge in [-0.2, -0.15) is 0 Å². The van der Waals surface area contributed by atoms with Crippen LogP contribution in [-0.2, 0) is 9.59 Å². The van der Waals surface area contributed by atoms with Gasteiger partial charge in [-0.3, -0.25) is 19.3 Å². The number of carbonyl (C=O) groups excluding carboxylic acids is 3. The van der Waals surface area contributed by atoms with E-state index in [1.54, 1.807) is 49.6 Å². The van der Waals surface area contributed by atoms with Crippen LogP contribution in [0.2, 0.25) is 0 Å². The lowest BCUT2D eigenvalue weighted by molar-refractivity contribution is -0.127. The number of hydrogen-bond donors (Lipinski definition) is 1. The van der Waals surface area contributed by atoms with Crippen LogP contribution in [0.5, 0.6) is 17.2 Å². The lowest BCUT2D eigenvalue weighted by Gasteiger charge is -2.14. The minimum atomic E-state index is -0.528. The predicted molar refractivity (Wildman–Crippen MR) is 135 cm³/mol. The van der Waals surface area contributed by atoms with E-state index in [2.05, 4.69) is 21.2 Å². The highest BCUT2D eigenvalue weighted by molar-refractivity contribution is 9.10. The van der Waals surface area contributed by atoms with Gasteiger partial charge in [0.05, 0.1) is 29.7 Å². The Morgan fingerprint density at radius 1 is 1.15 bits per heavy atom. The third-order valence-electron chi connectivity index (χ3n) is 4.63. The number of nitrogens with zero attached hydrogens (tertiary/aromatic N) is 1. The molecule has 0 aromatic heterocycles. The quantitative estimate of drug-likeness (QED) is 0.401. The van der Waals surface area contributed by atoms with Crippen LogP contribution >= 0.6 is 27.7 Å². The minimum Gasteiger partial charge on any atom is -0.497 e. The molecule has 34 heavy (non-hydrogen) atoms. The zero-order chi connectivity index (χ0) is 24.7. The average Bonchev–Trinajstić information content (AvgIpc) is 3.06. The molecule has 0 atom stereocenters. The van der Waals surface area contributed by atoms with Gasteiger partial charge in [-0.25, -0.2) is 0 Å². The molecule has 10 heteroatoms. The number of carbonyl (C=O) groups is 3. The molecule has 1 aliphatic rings. The molecule has 0 saturated carbocycles. The van der Waals surface area contributed by atoms with E-state index in [1.165, 1.54) is 0 Å². The topological polar surface area (TPSA) is 94.2 Å². The lowest BCUT2D eigenvalue weighted by Crippen LogP contribution is -2.36. The zero-order valence-electron chi connectivity index (χ0n) is 19.1. The Hall–Kier alpha value is -2.98. The van der Waals surface area contributed by atoms with Gasteiger partial charge in [0.15, 0.2) is 11.5 Å². The number of ether oxygens (including phenoxy) is 3. The van der Waals surface area contributed by atoms with Crippen LogP contribution in [0.25, 0.3) is 6.08 Å². The first kappa shape index (κ1) is 25.6. The van der Waals surface area contributed by atoms with Gasteiger partial charge in [0.25, 0.3) is 11.1 Å². The second-order valence-corrected chi connectivity index (χ2v) is 9.00. The zero-order valence-corrected chi connectivity index (χ0v) is 21.5. The maximum atomic E-state index is 12.8. The number of amides is 3. The molecule has 180 valence electrons. The van der Waals surface area contributed by atoms with E-state index in [9.17, 15) is 14.4 Å². The Labute approximate surface area is 210 Å². The molecule has 0 unspecified atom stereocenters. The van der Waals surface area contributed by atoms with Crippen LogP contribution in [0.3, 0.4) is 0 Å². The fourth-order valence-electron chi connectivity index (χ4n) is 3.08. The van der Waals surface area contributed by atoms with Crippen LogP contribution < -0.4 is 19.5 Å². The van der Waals surface area contributed by atoms with E-state index in [4.69, 9.17) is 14.2 Å². The van der Waals surface area contributed by atoms with Crippen molar-refractivity contribution in [1.29, 1.82) is 0 Å². The molecular weight excluding hydrogens is 524 g/mol. The van der Waals surface area contributed by atoms with E-state index >= 15 is 0 Å². The van der Waals surface area contributed by atoms with E-state index in [1.807, 2.05) is 13.8 Å². The molecular formula is C24H25BrN2O6S. The summed E-state index contributed by atoms with van der Waals surface area (Å²) in [5, 5.41) is 2.17. The summed E-state index contributed by atoms with van der Waals surface area (Å²) in [6.45, 7) is 4.47. The first-order chi connectivity index (χ1) is 16.4. The van der Waals surface area contributed by atoms with Gasteiger partial charge >= 0.3 is 0 Å². The van der Waals surface area contributed by atoms with Crippen molar-refractivity contribution in [3.05, 3.63) is 51.3 Å². The summed E-state index contributed by atoms with van der Waals surface area (Å²) in [5.41, 5.74) is 1.19. The van der Waals surface area contributed by atoms with E-state index in [-0.39, 0.29) is 11.4 Å². The van der Waals surface area contributed by atoms with Crippen LogP contribution in [0.1, 0.15) is 25.8 Å². The fraction of sp³-hybridized carbons (Fsp3) is 0.292. The largest absolute Gasteiger partial charge is 0.497 e. The highest BCUT2D eigenvalue weighted by Crippen LogP contribution is 2.39. The lowest BCUT2D eigenvalue weighted by atomic mass is 10.2. The number of halogens is 1. The van der Waals surface area contributed by atoms with Crippen molar-refractivity contribution < 1.29 is 28.6 Å². The number of benzene rings is 2. The number of hydrogen-bond acceptors (Lipinski definition) is 7. The van der Waals surface area contributed by atoms with Gasteiger partial charge in [0.2, 0.25) is 5.91 Å². The molecule has 1 N–H and O–H groups in total. The van der Waals surface area contributed by atoms with E-state index < -0.39 is 17.1 Å². The molecule has 1 saturated heterocycles. The smallest absolute Gasteiger partial charge is 0.294 e. The van der Waals surface area contributed by atoms with Crippen molar-refractivity contribution in [2.45, 2.75) is 20.3 Å². The first-order valence-electron chi connectivity index (χ1n) is 10.6. The molecule has 0 bridgehead atoms. The Bertz CT molecular complexity index is 1100. The fourth-order valence-corrected chi connectivity index (χ4v) is 4.50. The molecule has 1 aliphatic heterocycles. The highest BCUT2D eigenvalue weighted by Gasteiger charge is 2.36. The van der Waals surface area contributed by atoms with Crippen LogP contribution in [0, 0.1) is 0 Å². The third-order valence-corrected chi connectivity index (χ3v) is 6.13. The van der Waals surface area contributed by atoms with E-state index in [0.29, 0.717) is 46.2 Å². The van der Waals surface area contributed by atoms with Crippen LogP contribution in [-0.4, -0.2) is 48.8 Å². The summed E-state index contributed by atoms with van der Waals surface area (Å²) in [6.07, 6.45) is 2.45. The second kappa shape index (κ2) is 11.9. The number of anilines is 1. The molecule has 3 amide bonds. The molecule has 0 radical (unpaired) electrons. The third kappa shape index (κ3) is 6.32. The second-order valence-electron chi connectivity index (χ2n) is 7.16. The molecule has 2 aromatic rings. The van der Waals surface area contributed by atoms with Gasteiger partial charge < -0.3 is 19.5 Å². The van der Waals surface area contributed by atoms with Crippen molar-refractivity contribution in [2.75, 3.05) is 32.2 Å². The Morgan fingerprint density at radius 3 is 2.53 bits per heavy atom. The van der Waals surface area contributed by atoms with Gasteiger partial charge in [-0.05, 0) is 89.1 Å². The molecule has 0 aliphatic carbocycles. The Morgan fingerprint density at radius 2 is 1.88 bits per heavy atom. The molecule has 3 rings (SSSR count). The molecule has 8 nitrogen and oxygen atoms in total. The average molecular weight is 549 g/mol. The van der Waals surface area contributed by atoms with Crippen molar-refractivity contribution in [2.24, 2.45) is 0 Å². The standard InChI is InChI=1S/C24H25BrN2O6S/c1-4-10-33-22-18(25)11-15(12-19(22)32-5-2)13-20-23(29)27(24(30)34-20)14-21(28)26-16-6-8-17(31-3)9-7-16/h6-9,11-13H,4-5,10,14H2,1-3H3,(H,26,28)/b20-13-. The minimum absolute atomic E-state index is 0.221. The number of methoxy groups -OCH3 is 1. The maximum Gasteiger partial charge on any atom is 0.294 e. The summed E-state index contributed by atoms with van der Waals surface area (Å²) in [7, 11) is 1.55. The molecule has 0 spiro atoms. The number of rotatable bonds is 10. The summed E-state index contributed by atoms with van der Waals surface area (Å²) in [4.78, 5) is 38.8. The number of imide groups is 1. The highest BCUT2D eigenvalue weighted by atomic mass is 79.9. The van der Waals surface area contributed by atoms with E-state index in [0.717, 1.165) is 23.1 Å². The summed E-state index contributed by atoms with van der Waals surface area (Å²) in [5.74, 6) is 0.768. The van der Waals surface area contributed by atoms with Gasteiger partial charge in [-0.15, -0.1) is 0 Å². The van der Waals surface area contributed by atoms with Crippen LogP contribution in [0.4, 0.5) is 10.5 Å². The molecule has 2 aromatic carbocycles. The number of thioether (sulfide) groups is 1. The van der Waals surface area contributed by atoms with Crippen LogP contribution in [0.15, 0.2) is 45.8 Å². The van der Waals surface area contributed by atoms with Gasteiger partial charge in [0, 0.05) is 5.69 Å². The SMILES string of the molecule is CCCOc1c(Br)cc(/C=C2\SC(=O)N(CC(=O)Nc3ccc(OC)cc3)C2=O)cc1OCC. The van der Waals surface area contributed by atoms with Crippen molar-refractivity contribution in [3.63, 3.8) is 0 Å². The molecule has 1 fully saturated rings. The normalized spacial score (nSPS) is 14.5. The Kier molecular flexibility index (Phi) is 9.00. The first-order valence-corrected chi connectivity index (χ1v) is 12.3. The Balaban J connectivity index is 1.74. The van der Waals surface area contributed by atoms with Crippen molar-refractivity contribution in [3.8, 4) is 17.2 Å². The maximum absolute atomic E-state index is 12.8. The van der Waals surface area contributed by atoms with Crippen molar-refractivity contribution in [1.82, 2.24) is 4.90 Å². The van der Waals surface area contributed by atoms with Crippen molar-refractivity contribution >= 4 is 56.5 Å². The summed E-state index contributed by atoms with van der Waals surface area (Å²) >= 11 is 4.28. The van der Waals surface area contributed by atoms with Gasteiger partial charge in [0.1, 0.15) is 12.3 Å². The summed E-state index contributed by atoms with van der Waals surface area (Å²) in [6, 6.07) is 10.3.